The SMILES string of the molecule is Cc1ccc(-c2cc3ccccc3c(N3CCCN(C)CC3)n2)cc1.Cl. The van der Waals surface area contributed by atoms with Crippen LogP contribution in [0.25, 0.3) is 22.0 Å². The molecule has 0 N–H and O–H groups in total. The van der Waals surface area contributed by atoms with Crippen molar-refractivity contribution in [2.45, 2.75) is 13.3 Å². The Hall–Kier alpha value is -2.10. The van der Waals surface area contributed by atoms with E-state index in [0.29, 0.717) is 0 Å². The molecule has 4 rings (SSSR count). The molecule has 1 aromatic heterocycles. The van der Waals surface area contributed by atoms with Crippen LogP contribution in [0, 0.1) is 6.92 Å². The number of halogens is 1. The first kappa shape index (κ1) is 18.7. The van der Waals surface area contributed by atoms with Gasteiger partial charge < -0.3 is 9.80 Å². The Bertz CT molecular complexity index is 876. The van der Waals surface area contributed by atoms with Gasteiger partial charge in [-0.3, -0.25) is 0 Å². The highest BCUT2D eigenvalue weighted by Crippen LogP contribution is 2.30. The normalized spacial score (nSPS) is 15.5. The van der Waals surface area contributed by atoms with E-state index in [0.717, 1.165) is 37.7 Å². The van der Waals surface area contributed by atoms with E-state index in [1.54, 1.807) is 0 Å². The lowest BCUT2D eigenvalue weighted by molar-refractivity contribution is 0.360. The number of rotatable bonds is 2. The molecule has 26 heavy (non-hydrogen) atoms. The summed E-state index contributed by atoms with van der Waals surface area (Å²) in [5.74, 6) is 1.13. The smallest absolute Gasteiger partial charge is 0.137 e. The predicted molar refractivity (Wildman–Crippen MR) is 113 cm³/mol. The van der Waals surface area contributed by atoms with Crippen LogP contribution in [0.1, 0.15) is 12.0 Å². The minimum absolute atomic E-state index is 0. The van der Waals surface area contributed by atoms with Crippen molar-refractivity contribution in [2.75, 3.05) is 38.1 Å². The van der Waals surface area contributed by atoms with Crippen LogP contribution in [0.2, 0.25) is 0 Å². The largest absolute Gasteiger partial charge is 0.355 e. The Kier molecular flexibility index (Phi) is 5.80. The number of anilines is 1. The Balaban J connectivity index is 0.00000196. The number of hydrogen-bond donors (Lipinski definition) is 0. The third-order valence-electron chi connectivity index (χ3n) is 5.09. The second kappa shape index (κ2) is 8.07. The summed E-state index contributed by atoms with van der Waals surface area (Å²) in [6.07, 6.45) is 1.18. The molecule has 1 fully saturated rings. The van der Waals surface area contributed by atoms with Gasteiger partial charge >= 0.3 is 0 Å². The van der Waals surface area contributed by atoms with Crippen molar-refractivity contribution < 1.29 is 0 Å². The summed E-state index contributed by atoms with van der Waals surface area (Å²) >= 11 is 0. The van der Waals surface area contributed by atoms with Crippen LogP contribution in [0.3, 0.4) is 0 Å². The van der Waals surface area contributed by atoms with E-state index in [1.807, 2.05) is 0 Å². The number of nitrogens with zero attached hydrogens (tertiary/aromatic N) is 3. The van der Waals surface area contributed by atoms with Crippen molar-refractivity contribution in [2.24, 2.45) is 0 Å². The van der Waals surface area contributed by atoms with Gasteiger partial charge in [0.1, 0.15) is 5.82 Å². The van der Waals surface area contributed by atoms with Crippen LogP contribution in [0.5, 0.6) is 0 Å². The molecule has 2 heterocycles. The van der Waals surface area contributed by atoms with Gasteiger partial charge in [-0.2, -0.15) is 0 Å². The fraction of sp³-hybridized carbons (Fsp3) is 0.318. The Morgan fingerprint density at radius 1 is 0.885 bits per heavy atom. The summed E-state index contributed by atoms with van der Waals surface area (Å²) in [6.45, 7) is 6.47. The van der Waals surface area contributed by atoms with Crippen LogP contribution in [0.4, 0.5) is 5.82 Å². The zero-order valence-corrected chi connectivity index (χ0v) is 16.3. The van der Waals surface area contributed by atoms with Crippen molar-refractivity contribution in [1.29, 1.82) is 0 Å². The first-order valence-electron chi connectivity index (χ1n) is 9.11. The maximum Gasteiger partial charge on any atom is 0.137 e. The average molecular weight is 368 g/mol. The minimum Gasteiger partial charge on any atom is -0.355 e. The average Bonchev–Trinajstić information content (AvgIpc) is 2.86. The molecule has 1 saturated heterocycles. The van der Waals surface area contributed by atoms with Crippen LogP contribution in [-0.2, 0) is 0 Å². The highest BCUT2D eigenvalue weighted by Gasteiger charge is 2.17. The molecule has 136 valence electrons. The van der Waals surface area contributed by atoms with Gasteiger partial charge in [0.2, 0.25) is 0 Å². The highest BCUT2D eigenvalue weighted by atomic mass is 35.5. The maximum atomic E-state index is 5.10. The third kappa shape index (κ3) is 3.84. The van der Waals surface area contributed by atoms with Gasteiger partial charge in [0.05, 0.1) is 5.69 Å². The fourth-order valence-corrected chi connectivity index (χ4v) is 3.55. The lowest BCUT2D eigenvalue weighted by Gasteiger charge is -2.24. The Morgan fingerprint density at radius 2 is 1.65 bits per heavy atom. The standard InChI is InChI=1S/C22H25N3.ClH/c1-17-8-10-18(11-9-17)21-16-19-6-3-4-7-20(19)22(23-21)25-13-5-12-24(2)14-15-25;/h3-4,6-11,16H,5,12-15H2,1-2H3;1H. The van der Waals surface area contributed by atoms with Crippen LogP contribution in [-0.4, -0.2) is 43.1 Å². The van der Waals surface area contributed by atoms with Gasteiger partial charge in [0.15, 0.2) is 0 Å². The lowest BCUT2D eigenvalue weighted by Crippen LogP contribution is -2.29. The second-order valence-electron chi connectivity index (χ2n) is 7.06. The topological polar surface area (TPSA) is 19.4 Å². The molecule has 0 unspecified atom stereocenters. The second-order valence-corrected chi connectivity index (χ2v) is 7.06. The summed E-state index contributed by atoms with van der Waals surface area (Å²) in [4.78, 5) is 9.97. The van der Waals surface area contributed by atoms with Gasteiger partial charge in [-0.15, -0.1) is 12.4 Å². The summed E-state index contributed by atoms with van der Waals surface area (Å²) in [5.41, 5.74) is 3.52. The van der Waals surface area contributed by atoms with E-state index < -0.39 is 0 Å². The zero-order valence-electron chi connectivity index (χ0n) is 15.5. The van der Waals surface area contributed by atoms with E-state index in [1.165, 1.54) is 28.3 Å². The Labute approximate surface area is 162 Å². The molecule has 0 spiro atoms. The van der Waals surface area contributed by atoms with Crippen LogP contribution in [0.15, 0.2) is 54.6 Å². The van der Waals surface area contributed by atoms with Crippen molar-refractivity contribution in [3.05, 3.63) is 60.2 Å². The first-order chi connectivity index (χ1) is 12.2. The zero-order chi connectivity index (χ0) is 17.2. The van der Waals surface area contributed by atoms with Gasteiger partial charge in [-0.05, 0) is 38.4 Å². The van der Waals surface area contributed by atoms with Crippen LogP contribution >= 0.6 is 12.4 Å². The molecule has 0 atom stereocenters. The molecular weight excluding hydrogens is 342 g/mol. The fourth-order valence-electron chi connectivity index (χ4n) is 3.55. The molecule has 1 aliphatic rings. The number of hydrogen-bond acceptors (Lipinski definition) is 3. The molecular formula is C22H26ClN3. The summed E-state index contributed by atoms with van der Waals surface area (Å²) < 4.78 is 0. The van der Waals surface area contributed by atoms with Crippen molar-refractivity contribution in [3.63, 3.8) is 0 Å². The quantitative estimate of drug-likeness (QED) is 0.650. The number of likely N-dealkylation sites (N-methyl/N-ethyl adjacent to an activating group) is 1. The highest BCUT2D eigenvalue weighted by molar-refractivity contribution is 5.95. The van der Waals surface area contributed by atoms with Crippen molar-refractivity contribution in [1.82, 2.24) is 9.88 Å². The number of fused-ring (bicyclic) bond motifs is 1. The van der Waals surface area contributed by atoms with Crippen molar-refractivity contribution in [3.8, 4) is 11.3 Å². The van der Waals surface area contributed by atoms with Gasteiger partial charge in [0.25, 0.3) is 0 Å². The summed E-state index contributed by atoms with van der Waals surface area (Å²) in [7, 11) is 2.21. The van der Waals surface area contributed by atoms with Gasteiger partial charge in [0, 0.05) is 30.6 Å². The molecule has 1 aliphatic heterocycles. The predicted octanol–water partition coefficient (Wildman–Crippen LogP) is 4.77. The molecule has 4 heteroatoms. The van der Waals surface area contributed by atoms with E-state index in [-0.39, 0.29) is 12.4 Å². The first-order valence-corrected chi connectivity index (χ1v) is 9.11. The van der Waals surface area contributed by atoms with E-state index in [2.05, 4.69) is 78.4 Å². The molecule has 0 aliphatic carbocycles. The van der Waals surface area contributed by atoms with E-state index >= 15 is 0 Å². The number of pyridine rings is 1. The van der Waals surface area contributed by atoms with Crippen LogP contribution < -0.4 is 4.90 Å². The third-order valence-corrected chi connectivity index (χ3v) is 5.09. The summed E-state index contributed by atoms with van der Waals surface area (Å²) in [5, 5.41) is 2.52. The number of benzene rings is 2. The number of aryl methyl sites for hydroxylation is 1. The molecule has 3 aromatic rings. The molecule has 0 saturated carbocycles. The maximum absolute atomic E-state index is 5.10. The van der Waals surface area contributed by atoms with Gasteiger partial charge in [-0.1, -0.05) is 54.1 Å². The van der Waals surface area contributed by atoms with E-state index in [4.69, 9.17) is 4.98 Å². The molecule has 3 nitrogen and oxygen atoms in total. The molecule has 0 bridgehead atoms. The lowest BCUT2D eigenvalue weighted by atomic mass is 10.1. The molecule has 0 radical (unpaired) electrons. The minimum atomic E-state index is 0. The summed E-state index contributed by atoms with van der Waals surface area (Å²) in [6, 6.07) is 19.5. The molecule has 0 amide bonds. The van der Waals surface area contributed by atoms with Crippen molar-refractivity contribution >= 4 is 29.0 Å². The number of aromatic nitrogens is 1. The monoisotopic (exact) mass is 367 g/mol. The van der Waals surface area contributed by atoms with E-state index in [9.17, 15) is 0 Å². The molecule has 2 aromatic carbocycles. The Morgan fingerprint density at radius 3 is 2.46 bits per heavy atom. The van der Waals surface area contributed by atoms with Gasteiger partial charge in [-0.25, -0.2) is 4.98 Å².